The number of rotatable bonds is 6. The fraction of sp³-hybridized carbons (Fsp3) is 0.367. The number of hydrogen-bond donors (Lipinski definition) is 2. The van der Waals surface area contributed by atoms with Gasteiger partial charge in [-0.1, -0.05) is 26.0 Å². The largest absolute Gasteiger partial charge is 0.354 e. The summed E-state index contributed by atoms with van der Waals surface area (Å²) in [6.07, 6.45) is 3.94. The predicted molar refractivity (Wildman–Crippen MR) is 163 cm³/mol. The van der Waals surface area contributed by atoms with Crippen molar-refractivity contribution in [3.05, 3.63) is 64.4 Å². The molecule has 2 N–H and O–H groups in total. The van der Waals surface area contributed by atoms with Crippen LogP contribution in [0.4, 0.5) is 5.82 Å². The maximum atomic E-state index is 14.0. The van der Waals surface area contributed by atoms with Crippen molar-refractivity contribution in [1.82, 2.24) is 34.9 Å². The van der Waals surface area contributed by atoms with Crippen LogP contribution in [0.1, 0.15) is 49.1 Å². The number of carbonyl (C=O) groups excluding carboxylic acids is 3. The molecule has 3 amide bonds. The van der Waals surface area contributed by atoms with Crippen molar-refractivity contribution in [3.8, 4) is 11.1 Å². The number of halogens is 1. The van der Waals surface area contributed by atoms with Crippen molar-refractivity contribution < 1.29 is 14.4 Å². The third-order valence-corrected chi connectivity index (χ3v) is 8.53. The van der Waals surface area contributed by atoms with Crippen molar-refractivity contribution in [3.63, 3.8) is 0 Å². The average Bonchev–Trinajstić information content (AvgIpc) is 3.43. The molecule has 2 atom stereocenters. The number of benzene rings is 1. The summed E-state index contributed by atoms with van der Waals surface area (Å²) in [5, 5.41) is 10.7. The van der Waals surface area contributed by atoms with Crippen LogP contribution in [0.3, 0.4) is 0 Å². The topological polar surface area (TPSA) is 135 Å². The lowest BCUT2D eigenvalue weighted by Gasteiger charge is -2.31. The molecule has 1 aliphatic rings. The maximum absolute atomic E-state index is 14.0. The number of pyridine rings is 1. The van der Waals surface area contributed by atoms with E-state index in [0.29, 0.717) is 33.6 Å². The molecule has 0 bridgehead atoms. The second-order valence-electron chi connectivity index (χ2n) is 11.3. The molecule has 1 aliphatic heterocycles. The molecule has 12 heteroatoms. The summed E-state index contributed by atoms with van der Waals surface area (Å²) < 4.78 is 2.14. The smallest absolute Gasteiger partial charge is 0.272 e. The molecule has 0 unspecified atom stereocenters. The number of likely N-dealkylation sites (tertiary alicyclic amines) is 1. The highest BCUT2D eigenvalue weighted by Crippen LogP contribution is 2.41. The van der Waals surface area contributed by atoms with Gasteiger partial charge in [0.25, 0.3) is 5.91 Å². The number of aryl methyl sites for hydroxylation is 2. The van der Waals surface area contributed by atoms with Crippen molar-refractivity contribution >= 4 is 50.4 Å². The average molecular weight is 634 g/mol. The Kier molecular flexibility index (Phi) is 7.84. The van der Waals surface area contributed by atoms with Crippen LogP contribution in [0.5, 0.6) is 0 Å². The number of nitrogens with zero attached hydrogens (tertiary/aromatic N) is 6. The zero-order chi connectivity index (χ0) is 30.3. The summed E-state index contributed by atoms with van der Waals surface area (Å²) in [4.78, 5) is 54.9. The van der Waals surface area contributed by atoms with Gasteiger partial charge < -0.3 is 15.5 Å². The molecule has 1 aromatic carbocycles. The monoisotopic (exact) mass is 632 g/mol. The molecule has 0 saturated carbocycles. The van der Waals surface area contributed by atoms with Crippen LogP contribution in [0.2, 0.25) is 0 Å². The van der Waals surface area contributed by atoms with Gasteiger partial charge in [-0.15, -0.1) is 0 Å². The number of anilines is 1. The highest BCUT2D eigenvalue weighted by Gasteiger charge is 2.49. The maximum Gasteiger partial charge on any atom is 0.272 e. The Bertz CT molecular complexity index is 1700. The second kappa shape index (κ2) is 11.2. The Labute approximate surface area is 252 Å². The summed E-state index contributed by atoms with van der Waals surface area (Å²) in [6, 6.07) is 8.33. The SMILES string of the molecule is CNC(=O)c1nn(CC(=O)N2[C@H](C(=O)Nc3nc(Br)ccc3C)CC(C)(C)[C@H]2C)c2ccc(-c3cnc(C)nc3)cc12. The summed E-state index contributed by atoms with van der Waals surface area (Å²) in [5.41, 5.74) is 2.96. The minimum atomic E-state index is -0.698. The third-order valence-electron chi connectivity index (χ3n) is 8.09. The lowest BCUT2D eigenvalue weighted by atomic mass is 9.84. The first-order valence-electron chi connectivity index (χ1n) is 13.7. The second-order valence-corrected chi connectivity index (χ2v) is 12.1. The summed E-state index contributed by atoms with van der Waals surface area (Å²) >= 11 is 3.36. The molecule has 0 spiro atoms. The van der Waals surface area contributed by atoms with Gasteiger partial charge in [-0.25, -0.2) is 15.0 Å². The Morgan fingerprint density at radius 3 is 2.48 bits per heavy atom. The van der Waals surface area contributed by atoms with Crippen LogP contribution in [0, 0.1) is 19.3 Å². The van der Waals surface area contributed by atoms with Crippen molar-refractivity contribution in [2.24, 2.45) is 5.41 Å². The van der Waals surface area contributed by atoms with E-state index in [2.05, 4.69) is 60.5 Å². The molecule has 0 aliphatic carbocycles. The minimum absolute atomic E-state index is 0.140. The van der Waals surface area contributed by atoms with E-state index < -0.39 is 6.04 Å². The molecule has 1 saturated heterocycles. The normalized spacial score (nSPS) is 17.8. The summed E-state index contributed by atoms with van der Waals surface area (Å²) in [7, 11) is 1.54. The lowest BCUT2D eigenvalue weighted by Crippen LogP contribution is -2.48. The van der Waals surface area contributed by atoms with Gasteiger partial charge in [-0.3, -0.25) is 19.1 Å². The molecule has 4 heterocycles. The molecule has 5 rings (SSSR count). The number of fused-ring (bicyclic) bond motifs is 1. The number of amides is 3. The van der Waals surface area contributed by atoms with Gasteiger partial charge in [0.1, 0.15) is 28.8 Å². The molecule has 3 aromatic heterocycles. The quantitative estimate of drug-likeness (QED) is 0.303. The fourth-order valence-electron chi connectivity index (χ4n) is 5.37. The van der Waals surface area contributed by atoms with Gasteiger partial charge in [0.05, 0.1) is 5.52 Å². The first kappa shape index (κ1) is 29.3. The number of aromatic nitrogens is 5. The van der Waals surface area contributed by atoms with Crippen LogP contribution in [0.15, 0.2) is 47.3 Å². The van der Waals surface area contributed by atoms with E-state index in [1.165, 1.54) is 11.7 Å². The molecule has 218 valence electrons. The molecular formula is C30H33BrN8O3. The first-order chi connectivity index (χ1) is 19.9. The Morgan fingerprint density at radius 1 is 1.07 bits per heavy atom. The van der Waals surface area contributed by atoms with Crippen molar-refractivity contribution in [1.29, 1.82) is 0 Å². The number of carbonyl (C=O) groups is 3. The van der Waals surface area contributed by atoms with Crippen LogP contribution in [-0.4, -0.2) is 66.5 Å². The van der Waals surface area contributed by atoms with E-state index in [9.17, 15) is 14.4 Å². The Hall–Kier alpha value is -4.19. The van der Waals surface area contributed by atoms with Gasteiger partial charge in [0.15, 0.2) is 5.69 Å². The van der Waals surface area contributed by atoms with Gasteiger partial charge in [-0.05, 0) is 77.9 Å². The van der Waals surface area contributed by atoms with Crippen molar-refractivity contribution in [2.75, 3.05) is 12.4 Å². The van der Waals surface area contributed by atoms with E-state index in [4.69, 9.17) is 0 Å². The molecule has 1 fully saturated rings. The molecular weight excluding hydrogens is 600 g/mol. The summed E-state index contributed by atoms with van der Waals surface area (Å²) in [6.45, 7) is 9.60. The van der Waals surface area contributed by atoms with E-state index >= 15 is 0 Å². The molecule has 4 aromatic rings. The van der Waals surface area contributed by atoms with Gasteiger partial charge in [0.2, 0.25) is 11.8 Å². The minimum Gasteiger partial charge on any atom is -0.354 e. The highest BCUT2D eigenvalue weighted by molar-refractivity contribution is 9.10. The van der Waals surface area contributed by atoms with Gasteiger partial charge in [-0.2, -0.15) is 5.10 Å². The van der Waals surface area contributed by atoms with Gasteiger partial charge >= 0.3 is 0 Å². The zero-order valence-electron chi connectivity index (χ0n) is 24.4. The Morgan fingerprint density at radius 2 is 1.79 bits per heavy atom. The van der Waals surface area contributed by atoms with E-state index in [1.54, 1.807) is 23.4 Å². The van der Waals surface area contributed by atoms with Crippen LogP contribution >= 0.6 is 15.9 Å². The zero-order valence-corrected chi connectivity index (χ0v) is 26.0. The van der Waals surface area contributed by atoms with E-state index in [1.807, 2.05) is 45.0 Å². The van der Waals surface area contributed by atoms with E-state index in [-0.39, 0.29) is 41.4 Å². The summed E-state index contributed by atoms with van der Waals surface area (Å²) in [5.74, 6) is 0.175. The predicted octanol–water partition coefficient (Wildman–Crippen LogP) is 4.28. The fourth-order valence-corrected chi connectivity index (χ4v) is 5.68. The lowest BCUT2D eigenvalue weighted by molar-refractivity contribution is -0.139. The third kappa shape index (κ3) is 5.50. The molecule has 0 radical (unpaired) electrons. The number of nitrogens with one attached hydrogen (secondary N) is 2. The van der Waals surface area contributed by atoms with Crippen LogP contribution in [0.25, 0.3) is 22.0 Å². The first-order valence-corrected chi connectivity index (χ1v) is 14.5. The van der Waals surface area contributed by atoms with Crippen LogP contribution < -0.4 is 10.6 Å². The standard InChI is InChI=1S/C30H33BrN8O3/c1-16-7-10-24(31)35-27(16)36-28(41)23-12-30(4,5)17(2)39(23)25(40)15-38-22-9-8-19(20-13-33-18(3)34-14-20)11-21(22)26(37-38)29(42)32-6/h7-11,13-14,17,23H,12,15H2,1-6H3,(H,32,42)(H,35,36,41)/t17-,23+/m1/s1. The van der Waals surface area contributed by atoms with Gasteiger partial charge in [0, 0.05) is 36.4 Å². The molecule has 11 nitrogen and oxygen atoms in total. The van der Waals surface area contributed by atoms with E-state index in [0.717, 1.165) is 16.7 Å². The highest BCUT2D eigenvalue weighted by atomic mass is 79.9. The van der Waals surface area contributed by atoms with Crippen LogP contribution in [-0.2, 0) is 16.1 Å². The molecule has 42 heavy (non-hydrogen) atoms. The number of hydrogen-bond acceptors (Lipinski definition) is 7. The Balaban J connectivity index is 1.47. The van der Waals surface area contributed by atoms with Crippen molar-refractivity contribution in [2.45, 2.75) is 59.7 Å².